The van der Waals surface area contributed by atoms with Crippen molar-refractivity contribution in [1.29, 1.82) is 0 Å². The molecular formula is C21H33N5O. The van der Waals surface area contributed by atoms with Crippen LogP contribution in [0.3, 0.4) is 0 Å². The lowest BCUT2D eigenvalue weighted by Gasteiger charge is -2.17. The van der Waals surface area contributed by atoms with Crippen molar-refractivity contribution in [3.05, 3.63) is 35.4 Å². The molecule has 0 aromatic heterocycles. The van der Waals surface area contributed by atoms with Gasteiger partial charge in [-0.2, -0.15) is 0 Å². The summed E-state index contributed by atoms with van der Waals surface area (Å²) in [6.07, 6.45) is 4.93. The molecule has 1 unspecified atom stereocenters. The monoisotopic (exact) mass is 371 g/mol. The highest BCUT2D eigenvalue weighted by Crippen LogP contribution is 2.31. The van der Waals surface area contributed by atoms with E-state index in [9.17, 15) is 4.79 Å². The average molecular weight is 372 g/mol. The van der Waals surface area contributed by atoms with Crippen LogP contribution in [-0.2, 0) is 6.42 Å². The number of rotatable bonds is 7. The van der Waals surface area contributed by atoms with E-state index in [1.54, 1.807) is 19.0 Å². The summed E-state index contributed by atoms with van der Waals surface area (Å²) in [7, 11) is 5.37. The SMILES string of the molecule is CN=C(NCCc1cccc(C(=O)N(C)C)c1)NCC1CCN(C2CC2)C1. The van der Waals surface area contributed by atoms with Gasteiger partial charge in [0.2, 0.25) is 0 Å². The van der Waals surface area contributed by atoms with Crippen LogP contribution in [0.25, 0.3) is 0 Å². The number of guanidine groups is 1. The smallest absolute Gasteiger partial charge is 0.253 e. The van der Waals surface area contributed by atoms with Crippen molar-refractivity contribution in [3.63, 3.8) is 0 Å². The second-order valence-electron chi connectivity index (χ2n) is 7.91. The molecular weight excluding hydrogens is 338 g/mol. The molecule has 2 aliphatic rings. The highest BCUT2D eigenvalue weighted by atomic mass is 16.2. The van der Waals surface area contributed by atoms with Gasteiger partial charge in [-0.05, 0) is 55.8 Å². The molecule has 2 N–H and O–H groups in total. The standard InChI is InChI=1S/C21H33N5O/c1-22-21(24-14-17-10-12-26(15-17)19-7-8-19)23-11-9-16-5-4-6-18(13-16)20(27)25(2)3/h4-6,13,17,19H,7-12,14-15H2,1-3H3,(H2,22,23,24). The van der Waals surface area contributed by atoms with Gasteiger partial charge < -0.3 is 20.4 Å². The first-order valence-corrected chi connectivity index (χ1v) is 10.1. The van der Waals surface area contributed by atoms with Crippen LogP contribution in [0.5, 0.6) is 0 Å². The summed E-state index contributed by atoms with van der Waals surface area (Å²) in [5.41, 5.74) is 1.89. The molecule has 1 aromatic carbocycles. The van der Waals surface area contributed by atoms with Crippen molar-refractivity contribution >= 4 is 11.9 Å². The Morgan fingerprint density at radius 3 is 2.78 bits per heavy atom. The average Bonchev–Trinajstić information content (AvgIpc) is 3.42. The molecule has 0 spiro atoms. The number of nitrogens with one attached hydrogen (secondary N) is 2. The van der Waals surface area contributed by atoms with Crippen molar-refractivity contribution in [2.75, 3.05) is 47.3 Å². The first-order valence-electron chi connectivity index (χ1n) is 10.1. The normalized spacial score (nSPS) is 20.6. The van der Waals surface area contributed by atoms with Crippen molar-refractivity contribution in [2.24, 2.45) is 10.9 Å². The first kappa shape index (κ1) is 19.7. The minimum atomic E-state index is 0.0408. The zero-order valence-electron chi connectivity index (χ0n) is 16.9. The van der Waals surface area contributed by atoms with Crippen LogP contribution in [0, 0.1) is 5.92 Å². The fourth-order valence-corrected chi connectivity index (χ4v) is 3.71. The summed E-state index contributed by atoms with van der Waals surface area (Å²) in [5.74, 6) is 1.62. The van der Waals surface area contributed by atoms with Crippen molar-refractivity contribution in [2.45, 2.75) is 31.7 Å². The third kappa shape index (κ3) is 5.70. The van der Waals surface area contributed by atoms with E-state index in [0.29, 0.717) is 0 Å². The van der Waals surface area contributed by atoms with Gasteiger partial charge in [0.05, 0.1) is 0 Å². The van der Waals surface area contributed by atoms with E-state index in [4.69, 9.17) is 0 Å². The van der Waals surface area contributed by atoms with E-state index in [1.807, 2.05) is 25.2 Å². The maximum atomic E-state index is 12.1. The topological polar surface area (TPSA) is 60.0 Å². The van der Waals surface area contributed by atoms with Gasteiger partial charge in [-0.25, -0.2) is 0 Å². The third-order valence-corrected chi connectivity index (χ3v) is 5.45. The quantitative estimate of drug-likeness (QED) is 0.564. The largest absolute Gasteiger partial charge is 0.356 e. The number of aliphatic imine (C=N–C) groups is 1. The molecule has 1 aromatic rings. The van der Waals surface area contributed by atoms with Crippen LogP contribution in [0.15, 0.2) is 29.3 Å². The summed E-state index contributed by atoms with van der Waals surface area (Å²) in [6.45, 7) is 4.25. The van der Waals surface area contributed by atoms with Gasteiger partial charge in [0.25, 0.3) is 5.91 Å². The van der Waals surface area contributed by atoms with Crippen LogP contribution in [0.2, 0.25) is 0 Å². The van der Waals surface area contributed by atoms with Crippen LogP contribution in [0.4, 0.5) is 0 Å². The fraction of sp³-hybridized carbons (Fsp3) is 0.619. The van der Waals surface area contributed by atoms with Gasteiger partial charge in [0.15, 0.2) is 5.96 Å². The molecule has 1 aliphatic carbocycles. The molecule has 6 heteroatoms. The van der Waals surface area contributed by atoms with Crippen molar-refractivity contribution in [1.82, 2.24) is 20.4 Å². The number of nitrogens with zero attached hydrogens (tertiary/aromatic N) is 3. The van der Waals surface area contributed by atoms with Crippen LogP contribution < -0.4 is 10.6 Å². The van der Waals surface area contributed by atoms with E-state index in [0.717, 1.165) is 48.6 Å². The minimum Gasteiger partial charge on any atom is -0.356 e. The molecule has 148 valence electrons. The lowest BCUT2D eigenvalue weighted by molar-refractivity contribution is 0.0827. The Bertz CT molecular complexity index is 668. The lowest BCUT2D eigenvalue weighted by Crippen LogP contribution is -2.41. The zero-order chi connectivity index (χ0) is 19.2. The Hall–Kier alpha value is -2.08. The summed E-state index contributed by atoms with van der Waals surface area (Å²) in [6, 6.07) is 8.74. The number of likely N-dealkylation sites (tertiary alicyclic amines) is 1. The van der Waals surface area contributed by atoms with Gasteiger partial charge >= 0.3 is 0 Å². The number of carbonyl (C=O) groups excluding carboxylic acids is 1. The number of carbonyl (C=O) groups is 1. The van der Waals surface area contributed by atoms with Crippen LogP contribution in [-0.4, -0.2) is 75.0 Å². The Balaban J connectivity index is 1.39. The highest BCUT2D eigenvalue weighted by molar-refractivity contribution is 5.94. The molecule has 0 bridgehead atoms. The molecule has 1 aliphatic heterocycles. The Morgan fingerprint density at radius 1 is 1.26 bits per heavy atom. The zero-order valence-corrected chi connectivity index (χ0v) is 16.9. The Kier molecular flexibility index (Phi) is 6.72. The van der Waals surface area contributed by atoms with E-state index in [-0.39, 0.29) is 5.91 Å². The Labute approximate surface area is 163 Å². The van der Waals surface area contributed by atoms with E-state index >= 15 is 0 Å². The fourth-order valence-electron chi connectivity index (χ4n) is 3.71. The third-order valence-electron chi connectivity index (χ3n) is 5.45. The summed E-state index contributed by atoms with van der Waals surface area (Å²) in [4.78, 5) is 20.7. The predicted molar refractivity (Wildman–Crippen MR) is 110 cm³/mol. The van der Waals surface area contributed by atoms with E-state index in [2.05, 4.69) is 26.6 Å². The van der Waals surface area contributed by atoms with Crippen LogP contribution >= 0.6 is 0 Å². The molecule has 0 radical (unpaired) electrons. The van der Waals surface area contributed by atoms with Crippen molar-refractivity contribution in [3.8, 4) is 0 Å². The molecule has 1 amide bonds. The number of hydrogen-bond acceptors (Lipinski definition) is 3. The van der Waals surface area contributed by atoms with Gasteiger partial charge in [-0.3, -0.25) is 9.79 Å². The van der Waals surface area contributed by atoms with Crippen LogP contribution in [0.1, 0.15) is 35.2 Å². The molecule has 3 rings (SSSR count). The first-order chi connectivity index (χ1) is 13.1. The Morgan fingerprint density at radius 2 is 2.07 bits per heavy atom. The van der Waals surface area contributed by atoms with Gasteiger partial charge in [-0.1, -0.05) is 12.1 Å². The predicted octanol–water partition coefficient (Wildman–Crippen LogP) is 1.58. The van der Waals surface area contributed by atoms with Gasteiger partial charge in [0, 0.05) is 52.4 Å². The summed E-state index contributed by atoms with van der Waals surface area (Å²) >= 11 is 0. The molecule has 2 fully saturated rings. The second-order valence-corrected chi connectivity index (χ2v) is 7.91. The highest BCUT2D eigenvalue weighted by Gasteiger charge is 2.34. The molecule has 1 saturated carbocycles. The van der Waals surface area contributed by atoms with Gasteiger partial charge in [-0.15, -0.1) is 0 Å². The molecule has 1 atom stereocenters. The van der Waals surface area contributed by atoms with E-state index in [1.165, 1.54) is 32.4 Å². The van der Waals surface area contributed by atoms with E-state index < -0.39 is 0 Å². The van der Waals surface area contributed by atoms with Crippen molar-refractivity contribution < 1.29 is 4.79 Å². The number of hydrogen-bond donors (Lipinski definition) is 2. The minimum absolute atomic E-state index is 0.0408. The summed E-state index contributed by atoms with van der Waals surface area (Å²) < 4.78 is 0. The maximum Gasteiger partial charge on any atom is 0.253 e. The maximum absolute atomic E-state index is 12.1. The van der Waals surface area contributed by atoms with Gasteiger partial charge in [0.1, 0.15) is 0 Å². The lowest BCUT2D eigenvalue weighted by atomic mass is 10.1. The molecule has 6 nitrogen and oxygen atoms in total. The number of amides is 1. The molecule has 27 heavy (non-hydrogen) atoms. The second kappa shape index (κ2) is 9.22. The molecule has 1 saturated heterocycles. The molecule has 1 heterocycles. The summed E-state index contributed by atoms with van der Waals surface area (Å²) in [5, 5.41) is 6.86. The number of benzene rings is 1.